The molecule has 0 aliphatic heterocycles. The predicted octanol–water partition coefficient (Wildman–Crippen LogP) is 3.59. The van der Waals surface area contributed by atoms with Crippen LogP contribution in [0.25, 0.3) is 0 Å². The van der Waals surface area contributed by atoms with Gasteiger partial charge < -0.3 is 4.57 Å². The Morgan fingerprint density at radius 1 is 1.29 bits per heavy atom. The summed E-state index contributed by atoms with van der Waals surface area (Å²) < 4.78 is 2.31. The number of pyridine rings is 1. The molecule has 3 heteroatoms. The van der Waals surface area contributed by atoms with E-state index in [1.54, 1.807) is 0 Å². The van der Waals surface area contributed by atoms with Gasteiger partial charge >= 0.3 is 0 Å². The Hall–Kier alpha value is -1.90. The molecule has 0 fully saturated rings. The smallest absolute Gasteiger partial charge is 0.165 e. The number of carbonyl (C=O) groups excluding carboxylic acids is 1. The Balaban J connectivity index is 1.88. The number of carbonyl (C=O) groups is 1. The number of hydrogen-bond donors (Lipinski definition) is 0. The van der Waals surface area contributed by atoms with Crippen LogP contribution in [0.4, 0.5) is 0 Å². The largest absolute Gasteiger partial charge is 0.348 e. The molecule has 0 unspecified atom stereocenters. The monoisotopic (exact) mass is 282 g/mol. The highest BCUT2D eigenvalue weighted by Gasteiger charge is 2.33. The predicted molar refractivity (Wildman–Crippen MR) is 83.5 cm³/mol. The average Bonchev–Trinajstić information content (AvgIpc) is 2.73. The molecule has 0 saturated carbocycles. The van der Waals surface area contributed by atoms with E-state index >= 15 is 0 Å². The minimum atomic E-state index is 0.0671. The molecule has 0 bridgehead atoms. The fourth-order valence-electron chi connectivity index (χ4n) is 3.29. The van der Waals surface area contributed by atoms with Gasteiger partial charge in [-0.25, -0.2) is 0 Å². The minimum absolute atomic E-state index is 0.0671. The van der Waals surface area contributed by atoms with E-state index in [9.17, 15) is 4.79 Å². The highest BCUT2D eigenvalue weighted by atomic mass is 16.1. The lowest BCUT2D eigenvalue weighted by Crippen LogP contribution is -2.28. The number of fused-ring (bicyclic) bond motifs is 1. The molecule has 3 rings (SSSR count). The highest BCUT2D eigenvalue weighted by Crippen LogP contribution is 2.36. The molecular formula is C18H22N2O. The van der Waals surface area contributed by atoms with Crippen LogP contribution < -0.4 is 0 Å². The van der Waals surface area contributed by atoms with Gasteiger partial charge in [-0.05, 0) is 37.0 Å². The van der Waals surface area contributed by atoms with Gasteiger partial charge in [0, 0.05) is 48.2 Å². The zero-order valence-electron chi connectivity index (χ0n) is 13.0. The van der Waals surface area contributed by atoms with E-state index in [0.29, 0.717) is 12.2 Å². The molecule has 21 heavy (non-hydrogen) atoms. The number of aryl methyl sites for hydroxylation is 2. The average molecular weight is 282 g/mol. The van der Waals surface area contributed by atoms with Crippen LogP contribution in [-0.4, -0.2) is 15.3 Å². The second kappa shape index (κ2) is 5.14. The van der Waals surface area contributed by atoms with Crippen molar-refractivity contribution in [1.29, 1.82) is 0 Å². The van der Waals surface area contributed by atoms with Crippen molar-refractivity contribution in [2.45, 2.75) is 46.6 Å². The molecule has 2 aromatic heterocycles. The van der Waals surface area contributed by atoms with Crippen LogP contribution in [0.5, 0.6) is 0 Å². The number of ketones is 1. The molecule has 1 aliphatic carbocycles. The lowest BCUT2D eigenvalue weighted by Gasteiger charge is -2.29. The van der Waals surface area contributed by atoms with Gasteiger partial charge in [0.2, 0.25) is 0 Å². The number of nitrogens with zero attached hydrogens (tertiary/aromatic N) is 2. The first-order chi connectivity index (χ1) is 9.96. The lowest BCUT2D eigenvalue weighted by molar-refractivity contribution is 0.0910. The molecule has 0 radical (unpaired) electrons. The van der Waals surface area contributed by atoms with Gasteiger partial charge in [0.25, 0.3) is 0 Å². The maximum Gasteiger partial charge on any atom is 0.165 e. The Bertz CT molecular complexity index is 668. The zero-order chi connectivity index (χ0) is 15.0. The van der Waals surface area contributed by atoms with E-state index in [1.807, 2.05) is 18.3 Å². The van der Waals surface area contributed by atoms with Crippen molar-refractivity contribution in [2.24, 2.45) is 5.41 Å². The van der Waals surface area contributed by atoms with Gasteiger partial charge in [0.15, 0.2) is 5.78 Å². The second-order valence-electron chi connectivity index (χ2n) is 6.81. The van der Waals surface area contributed by atoms with E-state index in [4.69, 9.17) is 0 Å². The number of rotatable bonds is 3. The fourth-order valence-corrected chi connectivity index (χ4v) is 3.29. The molecule has 110 valence electrons. The van der Waals surface area contributed by atoms with Gasteiger partial charge in [0.1, 0.15) is 0 Å². The van der Waals surface area contributed by atoms with Crippen LogP contribution in [0, 0.1) is 12.3 Å². The fraction of sp³-hybridized carbons (Fsp3) is 0.444. The van der Waals surface area contributed by atoms with Crippen LogP contribution in [0.2, 0.25) is 0 Å². The van der Waals surface area contributed by atoms with Crippen molar-refractivity contribution >= 4 is 5.78 Å². The van der Waals surface area contributed by atoms with Crippen LogP contribution in [0.3, 0.4) is 0 Å². The highest BCUT2D eigenvalue weighted by molar-refractivity contribution is 5.99. The molecule has 0 amide bonds. The summed E-state index contributed by atoms with van der Waals surface area (Å²) in [7, 11) is 0. The van der Waals surface area contributed by atoms with Crippen molar-refractivity contribution in [2.75, 3.05) is 0 Å². The van der Waals surface area contributed by atoms with E-state index in [-0.39, 0.29) is 5.41 Å². The van der Waals surface area contributed by atoms with Gasteiger partial charge in [-0.2, -0.15) is 0 Å². The molecule has 0 saturated heterocycles. The van der Waals surface area contributed by atoms with Crippen LogP contribution in [0.1, 0.15) is 47.7 Å². The lowest BCUT2D eigenvalue weighted by atomic mass is 9.76. The first-order valence-corrected chi connectivity index (χ1v) is 7.58. The molecule has 0 atom stereocenters. The van der Waals surface area contributed by atoms with E-state index in [2.05, 4.69) is 42.5 Å². The number of hydrogen-bond acceptors (Lipinski definition) is 2. The molecule has 0 aromatic carbocycles. The van der Waals surface area contributed by atoms with Crippen molar-refractivity contribution in [1.82, 2.24) is 9.55 Å². The van der Waals surface area contributed by atoms with Crippen molar-refractivity contribution < 1.29 is 4.79 Å². The maximum absolute atomic E-state index is 12.3. The third kappa shape index (κ3) is 2.78. The van der Waals surface area contributed by atoms with E-state index < -0.39 is 0 Å². The van der Waals surface area contributed by atoms with Crippen LogP contribution in [0.15, 0.2) is 30.5 Å². The summed E-state index contributed by atoms with van der Waals surface area (Å²) in [6, 6.07) is 8.08. The number of Topliss-reactive ketones (excluding diaryl/α,β-unsaturated/α-hetero) is 1. The first kappa shape index (κ1) is 14.1. The molecule has 2 heterocycles. The summed E-state index contributed by atoms with van der Waals surface area (Å²) in [5.74, 6) is 0.293. The van der Waals surface area contributed by atoms with Crippen molar-refractivity contribution in [3.8, 4) is 0 Å². The SMILES string of the molecule is Cc1cc2c(n1CCc1ccccn1)CC(C)(C)CC2=O. The minimum Gasteiger partial charge on any atom is -0.348 e. The second-order valence-corrected chi connectivity index (χ2v) is 6.81. The van der Waals surface area contributed by atoms with Crippen molar-refractivity contribution in [3.05, 3.63) is 53.1 Å². The van der Waals surface area contributed by atoms with Gasteiger partial charge in [0.05, 0.1) is 0 Å². The Morgan fingerprint density at radius 3 is 2.81 bits per heavy atom. The third-order valence-electron chi connectivity index (χ3n) is 4.32. The molecule has 2 aromatic rings. The molecule has 1 aliphatic rings. The molecule has 0 spiro atoms. The van der Waals surface area contributed by atoms with E-state index in [1.165, 1.54) is 11.4 Å². The van der Waals surface area contributed by atoms with Gasteiger partial charge in [-0.15, -0.1) is 0 Å². The number of aromatic nitrogens is 2. The third-order valence-corrected chi connectivity index (χ3v) is 4.32. The van der Waals surface area contributed by atoms with Crippen molar-refractivity contribution in [3.63, 3.8) is 0 Å². The summed E-state index contributed by atoms with van der Waals surface area (Å²) >= 11 is 0. The Kier molecular flexibility index (Phi) is 3.44. The zero-order valence-corrected chi connectivity index (χ0v) is 13.0. The Morgan fingerprint density at radius 2 is 2.10 bits per heavy atom. The van der Waals surface area contributed by atoms with Gasteiger partial charge in [-0.3, -0.25) is 9.78 Å². The normalized spacial score (nSPS) is 16.8. The summed E-state index contributed by atoms with van der Waals surface area (Å²) in [5, 5.41) is 0. The summed E-state index contributed by atoms with van der Waals surface area (Å²) in [6.45, 7) is 7.34. The topological polar surface area (TPSA) is 34.9 Å². The van der Waals surface area contributed by atoms with Gasteiger partial charge in [-0.1, -0.05) is 19.9 Å². The van der Waals surface area contributed by atoms with Crippen LogP contribution >= 0.6 is 0 Å². The maximum atomic E-state index is 12.3. The quantitative estimate of drug-likeness (QED) is 0.862. The molecule has 3 nitrogen and oxygen atoms in total. The summed E-state index contributed by atoms with van der Waals surface area (Å²) in [6.07, 6.45) is 4.37. The summed E-state index contributed by atoms with van der Waals surface area (Å²) in [5.41, 5.74) is 4.50. The molecular weight excluding hydrogens is 260 g/mol. The molecule has 0 N–H and O–H groups in total. The standard InChI is InChI=1S/C18H22N2O/c1-13-10-15-16(11-18(2,3)12-17(15)21)20(13)9-7-14-6-4-5-8-19-14/h4-6,8,10H,7,9,11-12H2,1-3H3. The Labute approximate surface area is 126 Å². The van der Waals surface area contributed by atoms with E-state index in [0.717, 1.165) is 30.6 Å². The van der Waals surface area contributed by atoms with Crippen LogP contribution in [-0.2, 0) is 19.4 Å². The summed E-state index contributed by atoms with van der Waals surface area (Å²) in [4.78, 5) is 16.7. The first-order valence-electron chi connectivity index (χ1n) is 7.58.